The fourth-order valence-corrected chi connectivity index (χ4v) is 3.05. The fourth-order valence-electron chi connectivity index (χ4n) is 1.95. The van der Waals surface area contributed by atoms with Gasteiger partial charge < -0.3 is 4.57 Å². The molecule has 0 bridgehead atoms. The minimum Gasteiger partial charge on any atom is -0.314 e. The van der Waals surface area contributed by atoms with Gasteiger partial charge in [0.05, 0.1) is 5.75 Å². The number of sulfonamides is 1. The molecule has 0 aliphatic heterocycles. The number of benzene rings is 1. The van der Waals surface area contributed by atoms with E-state index in [9.17, 15) is 13.2 Å². The lowest BCUT2D eigenvalue weighted by molar-refractivity contribution is 0.572. The topological polar surface area (TPSA) is 68.2 Å². The summed E-state index contributed by atoms with van der Waals surface area (Å²) in [4.78, 5) is 12.2. The summed E-state index contributed by atoms with van der Waals surface area (Å²) in [5.74, 6) is -0.0920. The van der Waals surface area contributed by atoms with Crippen molar-refractivity contribution in [3.05, 3.63) is 46.9 Å². The van der Waals surface area contributed by atoms with E-state index in [1.54, 1.807) is 18.3 Å². The molecule has 1 aromatic carbocycles. The van der Waals surface area contributed by atoms with Crippen LogP contribution in [0.15, 0.2) is 41.3 Å². The second-order valence-electron chi connectivity index (χ2n) is 4.61. The summed E-state index contributed by atoms with van der Waals surface area (Å²) in [7, 11) is -3.32. The molecule has 5 nitrogen and oxygen atoms in total. The van der Waals surface area contributed by atoms with Crippen molar-refractivity contribution in [2.75, 3.05) is 12.3 Å². The molecule has 0 spiro atoms. The quantitative estimate of drug-likeness (QED) is 0.874. The molecule has 20 heavy (non-hydrogen) atoms. The van der Waals surface area contributed by atoms with E-state index in [0.29, 0.717) is 11.9 Å². The molecule has 0 unspecified atom stereocenters. The Hall–Kier alpha value is -1.66. The van der Waals surface area contributed by atoms with E-state index in [1.165, 1.54) is 4.57 Å². The van der Waals surface area contributed by atoms with Crippen LogP contribution in [0.5, 0.6) is 0 Å². The first-order valence-electron chi connectivity index (χ1n) is 6.59. The van der Waals surface area contributed by atoms with E-state index in [0.717, 1.165) is 11.8 Å². The van der Waals surface area contributed by atoms with Crippen molar-refractivity contribution in [1.82, 2.24) is 9.29 Å². The van der Waals surface area contributed by atoms with Crippen molar-refractivity contribution in [3.63, 3.8) is 0 Å². The zero-order valence-corrected chi connectivity index (χ0v) is 12.2. The summed E-state index contributed by atoms with van der Waals surface area (Å²) in [5, 5.41) is 1.47. The summed E-state index contributed by atoms with van der Waals surface area (Å²) in [6.45, 7) is 2.48. The van der Waals surface area contributed by atoms with Crippen molar-refractivity contribution in [3.8, 4) is 0 Å². The van der Waals surface area contributed by atoms with E-state index in [-0.39, 0.29) is 17.9 Å². The van der Waals surface area contributed by atoms with Gasteiger partial charge in [-0.05, 0) is 23.9 Å². The van der Waals surface area contributed by atoms with Crippen LogP contribution in [0.2, 0.25) is 0 Å². The van der Waals surface area contributed by atoms with Gasteiger partial charge in [0.15, 0.2) is 0 Å². The van der Waals surface area contributed by atoms with Crippen molar-refractivity contribution in [2.45, 2.75) is 19.9 Å². The number of pyridine rings is 1. The first kappa shape index (κ1) is 14.7. The molecule has 1 N–H and O–H groups in total. The third-order valence-corrected chi connectivity index (χ3v) is 4.42. The van der Waals surface area contributed by atoms with Crippen molar-refractivity contribution < 1.29 is 8.42 Å². The van der Waals surface area contributed by atoms with E-state index < -0.39 is 10.0 Å². The first-order chi connectivity index (χ1) is 9.53. The SMILES string of the molecule is CCCNS(=O)(=O)CCn1ccc2ccccc2c1=O. The Labute approximate surface area is 118 Å². The minimum atomic E-state index is -3.32. The minimum absolute atomic E-state index is 0.0920. The highest BCUT2D eigenvalue weighted by atomic mass is 32.2. The van der Waals surface area contributed by atoms with E-state index in [1.807, 2.05) is 25.1 Å². The van der Waals surface area contributed by atoms with Gasteiger partial charge in [-0.15, -0.1) is 0 Å². The second-order valence-corrected chi connectivity index (χ2v) is 6.54. The predicted molar refractivity (Wildman–Crippen MR) is 80.3 cm³/mol. The highest BCUT2D eigenvalue weighted by Gasteiger charge is 2.10. The van der Waals surface area contributed by atoms with Gasteiger partial charge in [-0.2, -0.15) is 0 Å². The number of nitrogens with zero attached hydrogens (tertiary/aromatic N) is 1. The molecule has 0 saturated carbocycles. The molecule has 0 aliphatic rings. The van der Waals surface area contributed by atoms with Crippen molar-refractivity contribution >= 4 is 20.8 Å². The fraction of sp³-hybridized carbons (Fsp3) is 0.357. The van der Waals surface area contributed by atoms with Gasteiger partial charge >= 0.3 is 0 Å². The molecule has 2 aromatic rings. The van der Waals surface area contributed by atoms with Crippen LogP contribution in [0.3, 0.4) is 0 Å². The lowest BCUT2D eigenvalue weighted by Crippen LogP contribution is -2.31. The number of hydrogen-bond acceptors (Lipinski definition) is 3. The van der Waals surface area contributed by atoms with E-state index in [4.69, 9.17) is 0 Å². The van der Waals surface area contributed by atoms with Gasteiger partial charge in [0.2, 0.25) is 10.0 Å². The van der Waals surface area contributed by atoms with Crippen LogP contribution in [0, 0.1) is 0 Å². The molecular formula is C14H18N2O3S. The van der Waals surface area contributed by atoms with Crippen LogP contribution >= 0.6 is 0 Å². The Morgan fingerprint density at radius 2 is 1.95 bits per heavy atom. The Balaban J connectivity index is 2.19. The molecule has 0 aliphatic carbocycles. The number of aryl methyl sites for hydroxylation is 1. The number of rotatable bonds is 6. The Morgan fingerprint density at radius 3 is 2.70 bits per heavy atom. The molecule has 0 saturated heterocycles. The number of aromatic nitrogens is 1. The average Bonchev–Trinajstić information content (AvgIpc) is 2.45. The average molecular weight is 294 g/mol. The zero-order valence-electron chi connectivity index (χ0n) is 11.4. The molecule has 1 heterocycles. The monoisotopic (exact) mass is 294 g/mol. The van der Waals surface area contributed by atoms with E-state index in [2.05, 4.69) is 4.72 Å². The lowest BCUT2D eigenvalue weighted by Gasteiger charge is -2.08. The summed E-state index contributed by atoms with van der Waals surface area (Å²) in [5.41, 5.74) is -0.159. The largest absolute Gasteiger partial charge is 0.314 e. The Bertz CT molecular complexity index is 750. The molecular weight excluding hydrogens is 276 g/mol. The highest BCUT2D eigenvalue weighted by molar-refractivity contribution is 7.89. The van der Waals surface area contributed by atoms with Crippen LogP contribution < -0.4 is 10.3 Å². The molecule has 6 heteroatoms. The molecule has 108 valence electrons. The summed E-state index contributed by atoms with van der Waals surface area (Å²) in [6.07, 6.45) is 2.38. The number of fused-ring (bicyclic) bond motifs is 1. The first-order valence-corrected chi connectivity index (χ1v) is 8.24. The summed E-state index contributed by atoms with van der Waals surface area (Å²) in [6, 6.07) is 9.10. The normalized spacial score (nSPS) is 11.8. The zero-order chi connectivity index (χ0) is 14.6. The van der Waals surface area contributed by atoms with Gasteiger partial charge in [0, 0.05) is 24.7 Å². The van der Waals surface area contributed by atoms with Gasteiger partial charge in [-0.1, -0.05) is 25.1 Å². The molecule has 0 radical (unpaired) electrons. The Morgan fingerprint density at radius 1 is 1.20 bits per heavy atom. The van der Waals surface area contributed by atoms with Crippen LogP contribution in [-0.2, 0) is 16.6 Å². The maximum atomic E-state index is 12.2. The smallest absolute Gasteiger partial charge is 0.258 e. The molecule has 2 rings (SSSR count). The van der Waals surface area contributed by atoms with Gasteiger partial charge in [-0.3, -0.25) is 4.79 Å². The third kappa shape index (κ3) is 3.46. The number of hydrogen-bond donors (Lipinski definition) is 1. The van der Waals surface area contributed by atoms with Crippen LogP contribution in [0.4, 0.5) is 0 Å². The highest BCUT2D eigenvalue weighted by Crippen LogP contribution is 2.07. The number of nitrogens with one attached hydrogen (secondary N) is 1. The molecule has 0 fully saturated rings. The van der Waals surface area contributed by atoms with Crippen molar-refractivity contribution in [1.29, 1.82) is 0 Å². The van der Waals surface area contributed by atoms with E-state index >= 15 is 0 Å². The van der Waals surface area contributed by atoms with Crippen LogP contribution in [-0.4, -0.2) is 25.3 Å². The van der Waals surface area contributed by atoms with Crippen LogP contribution in [0.1, 0.15) is 13.3 Å². The standard InChI is InChI=1S/C14H18N2O3S/c1-2-8-15-20(18,19)11-10-16-9-7-12-5-3-4-6-13(12)14(16)17/h3-7,9,15H,2,8,10-11H2,1H3. The lowest BCUT2D eigenvalue weighted by atomic mass is 10.2. The molecule has 0 amide bonds. The third-order valence-electron chi connectivity index (χ3n) is 3.06. The molecule has 0 atom stereocenters. The van der Waals surface area contributed by atoms with Crippen LogP contribution in [0.25, 0.3) is 10.8 Å². The summed E-state index contributed by atoms with van der Waals surface area (Å²) < 4.78 is 27.4. The van der Waals surface area contributed by atoms with Gasteiger partial charge in [0.25, 0.3) is 5.56 Å². The van der Waals surface area contributed by atoms with Crippen molar-refractivity contribution in [2.24, 2.45) is 0 Å². The maximum Gasteiger partial charge on any atom is 0.258 e. The Kier molecular flexibility index (Phi) is 4.57. The van der Waals surface area contributed by atoms with Gasteiger partial charge in [-0.25, -0.2) is 13.1 Å². The maximum absolute atomic E-state index is 12.2. The predicted octanol–water partition coefficient (Wildman–Crippen LogP) is 1.33. The summed E-state index contributed by atoms with van der Waals surface area (Å²) >= 11 is 0. The molecule has 1 aromatic heterocycles. The second kappa shape index (κ2) is 6.19. The van der Waals surface area contributed by atoms with Gasteiger partial charge in [0.1, 0.15) is 0 Å².